The number of ether oxygens (including phenoxy) is 3. The van der Waals surface area contributed by atoms with E-state index in [2.05, 4.69) is 5.32 Å². The van der Waals surface area contributed by atoms with Crippen molar-refractivity contribution in [3.63, 3.8) is 0 Å². The molecule has 120 valence electrons. The van der Waals surface area contributed by atoms with Gasteiger partial charge in [-0.15, -0.1) is 11.3 Å². The van der Waals surface area contributed by atoms with Crippen molar-refractivity contribution in [1.82, 2.24) is 0 Å². The highest BCUT2D eigenvalue weighted by Crippen LogP contribution is 2.34. The molecule has 0 saturated carbocycles. The van der Waals surface area contributed by atoms with Crippen LogP contribution in [0.5, 0.6) is 11.5 Å². The standard InChI is InChI=1S/C16H15NO5S/c18-15(9-20-16(19)6-4-12-2-1-7-23-12)17-11-3-5-13-14(8-11)22-10-21-13/h1-3,5,7-8H,4,6,9-10H2,(H,17,18). The Hall–Kier alpha value is -2.54. The maximum Gasteiger partial charge on any atom is 0.306 e. The van der Waals surface area contributed by atoms with E-state index >= 15 is 0 Å². The Kier molecular flexibility index (Phi) is 4.77. The normalized spacial score (nSPS) is 12.0. The molecular weight excluding hydrogens is 318 g/mol. The molecule has 0 radical (unpaired) electrons. The lowest BCUT2D eigenvalue weighted by atomic mass is 10.2. The van der Waals surface area contributed by atoms with Crippen LogP contribution in [0.4, 0.5) is 5.69 Å². The molecule has 2 heterocycles. The Labute approximate surface area is 137 Å². The molecule has 1 aliphatic rings. The summed E-state index contributed by atoms with van der Waals surface area (Å²) in [4.78, 5) is 24.5. The number of carbonyl (C=O) groups excluding carboxylic acids is 2. The molecule has 0 fully saturated rings. The van der Waals surface area contributed by atoms with Crippen LogP contribution in [0.1, 0.15) is 11.3 Å². The van der Waals surface area contributed by atoms with E-state index in [0.717, 1.165) is 4.88 Å². The summed E-state index contributed by atoms with van der Waals surface area (Å²) in [5.41, 5.74) is 0.564. The average Bonchev–Trinajstić information content (AvgIpc) is 3.21. The lowest BCUT2D eigenvalue weighted by molar-refractivity contribution is -0.147. The minimum atomic E-state index is -0.395. The fraction of sp³-hybridized carbons (Fsp3) is 0.250. The third-order valence-electron chi connectivity index (χ3n) is 3.18. The second-order valence-electron chi connectivity index (χ2n) is 4.86. The summed E-state index contributed by atoms with van der Waals surface area (Å²) in [6.45, 7) is -0.133. The lowest BCUT2D eigenvalue weighted by Gasteiger charge is -2.07. The Bertz CT molecular complexity index is 699. The van der Waals surface area contributed by atoms with E-state index in [-0.39, 0.29) is 25.8 Å². The summed E-state index contributed by atoms with van der Waals surface area (Å²) in [6.07, 6.45) is 0.887. The molecule has 1 aromatic heterocycles. The van der Waals surface area contributed by atoms with Crippen molar-refractivity contribution in [2.24, 2.45) is 0 Å². The number of hydrogen-bond acceptors (Lipinski definition) is 6. The maximum atomic E-state index is 11.8. The van der Waals surface area contributed by atoms with Gasteiger partial charge in [0.25, 0.3) is 5.91 Å². The molecule has 0 unspecified atom stereocenters. The number of carbonyl (C=O) groups is 2. The quantitative estimate of drug-likeness (QED) is 0.823. The van der Waals surface area contributed by atoms with Crippen LogP contribution >= 0.6 is 11.3 Å². The highest BCUT2D eigenvalue weighted by molar-refractivity contribution is 7.09. The molecule has 7 heteroatoms. The molecule has 0 spiro atoms. The van der Waals surface area contributed by atoms with Gasteiger partial charge in [-0.1, -0.05) is 6.07 Å². The van der Waals surface area contributed by atoms with Gasteiger partial charge in [0.05, 0.1) is 6.42 Å². The smallest absolute Gasteiger partial charge is 0.306 e. The van der Waals surface area contributed by atoms with Crippen molar-refractivity contribution in [3.8, 4) is 11.5 Å². The Morgan fingerprint density at radius 2 is 2.09 bits per heavy atom. The molecule has 23 heavy (non-hydrogen) atoms. The van der Waals surface area contributed by atoms with Gasteiger partial charge in [0.1, 0.15) is 0 Å². The predicted octanol–water partition coefficient (Wildman–Crippen LogP) is 2.59. The van der Waals surface area contributed by atoms with E-state index in [0.29, 0.717) is 23.6 Å². The number of nitrogens with one attached hydrogen (secondary N) is 1. The summed E-state index contributed by atoms with van der Waals surface area (Å²) in [6, 6.07) is 8.97. The van der Waals surface area contributed by atoms with Gasteiger partial charge in [0, 0.05) is 16.6 Å². The molecule has 0 bridgehead atoms. The largest absolute Gasteiger partial charge is 0.456 e. The van der Waals surface area contributed by atoms with Crippen LogP contribution in [0.3, 0.4) is 0 Å². The number of esters is 1. The molecule has 0 aliphatic carbocycles. The van der Waals surface area contributed by atoms with Crippen molar-refractivity contribution in [3.05, 3.63) is 40.6 Å². The molecule has 0 atom stereocenters. The number of thiophene rings is 1. The van der Waals surface area contributed by atoms with Gasteiger partial charge in [0.2, 0.25) is 6.79 Å². The van der Waals surface area contributed by atoms with E-state index in [1.807, 2.05) is 17.5 Å². The van der Waals surface area contributed by atoms with Crippen LogP contribution in [-0.2, 0) is 20.7 Å². The van der Waals surface area contributed by atoms with E-state index in [1.165, 1.54) is 0 Å². The van der Waals surface area contributed by atoms with Gasteiger partial charge in [-0.2, -0.15) is 0 Å². The molecule has 0 saturated heterocycles. The Morgan fingerprint density at radius 1 is 1.22 bits per heavy atom. The van der Waals surface area contributed by atoms with Gasteiger partial charge in [-0.25, -0.2) is 0 Å². The van der Waals surface area contributed by atoms with E-state index in [1.54, 1.807) is 29.5 Å². The zero-order valence-electron chi connectivity index (χ0n) is 12.2. The van der Waals surface area contributed by atoms with Gasteiger partial charge in [-0.05, 0) is 30.0 Å². The van der Waals surface area contributed by atoms with Gasteiger partial charge >= 0.3 is 5.97 Å². The third kappa shape index (κ3) is 4.23. The first-order valence-electron chi connectivity index (χ1n) is 7.08. The van der Waals surface area contributed by atoms with E-state index < -0.39 is 5.91 Å². The summed E-state index contributed by atoms with van der Waals surface area (Å²) in [5.74, 6) is 0.436. The molecule has 1 aliphatic heterocycles. The fourth-order valence-corrected chi connectivity index (χ4v) is 2.78. The van der Waals surface area contributed by atoms with Crippen LogP contribution in [0.15, 0.2) is 35.7 Å². The van der Waals surface area contributed by atoms with Crippen LogP contribution in [0.2, 0.25) is 0 Å². The Morgan fingerprint density at radius 3 is 2.91 bits per heavy atom. The first kappa shape index (κ1) is 15.4. The van der Waals surface area contributed by atoms with E-state index in [4.69, 9.17) is 14.2 Å². The average molecular weight is 333 g/mol. The van der Waals surface area contributed by atoms with Crippen molar-refractivity contribution in [2.45, 2.75) is 12.8 Å². The fourth-order valence-electron chi connectivity index (χ4n) is 2.07. The molecule has 1 aromatic carbocycles. The minimum absolute atomic E-state index is 0.175. The van der Waals surface area contributed by atoms with Gasteiger partial charge < -0.3 is 19.5 Å². The summed E-state index contributed by atoms with van der Waals surface area (Å²) >= 11 is 1.59. The van der Waals surface area contributed by atoms with Crippen molar-refractivity contribution in [2.75, 3.05) is 18.7 Å². The number of rotatable bonds is 6. The second-order valence-corrected chi connectivity index (χ2v) is 5.89. The molecule has 3 rings (SSSR count). The van der Waals surface area contributed by atoms with Crippen LogP contribution in [0.25, 0.3) is 0 Å². The summed E-state index contributed by atoms with van der Waals surface area (Å²) in [7, 11) is 0. The first-order chi connectivity index (χ1) is 11.2. The summed E-state index contributed by atoms with van der Waals surface area (Å²) in [5, 5.41) is 4.60. The SMILES string of the molecule is O=C(COC(=O)CCc1cccs1)Nc1ccc2c(c1)OCO2. The highest BCUT2D eigenvalue weighted by Gasteiger charge is 2.14. The number of aryl methyl sites for hydroxylation is 1. The zero-order valence-corrected chi connectivity index (χ0v) is 13.1. The van der Waals surface area contributed by atoms with Gasteiger partial charge in [-0.3, -0.25) is 9.59 Å². The monoisotopic (exact) mass is 333 g/mol. The molecule has 6 nitrogen and oxygen atoms in total. The highest BCUT2D eigenvalue weighted by atomic mass is 32.1. The predicted molar refractivity (Wildman–Crippen MR) is 84.8 cm³/mol. The van der Waals surface area contributed by atoms with Crippen LogP contribution < -0.4 is 14.8 Å². The van der Waals surface area contributed by atoms with Crippen LogP contribution in [-0.4, -0.2) is 25.3 Å². The van der Waals surface area contributed by atoms with Crippen LogP contribution in [0, 0.1) is 0 Å². The van der Waals surface area contributed by atoms with Crippen molar-refractivity contribution in [1.29, 1.82) is 0 Å². The zero-order chi connectivity index (χ0) is 16.1. The Balaban J connectivity index is 1.41. The second kappa shape index (κ2) is 7.15. The van der Waals surface area contributed by atoms with Crippen molar-refractivity contribution >= 4 is 28.9 Å². The number of amides is 1. The maximum absolute atomic E-state index is 11.8. The topological polar surface area (TPSA) is 73.9 Å². The van der Waals surface area contributed by atoms with Gasteiger partial charge in [0.15, 0.2) is 18.1 Å². The molecule has 1 amide bonds. The molecule has 1 N–H and O–H groups in total. The molecular formula is C16H15NO5S. The first-order valence-corrected chi connectivity index (χ1v) is 7.96. The summed E-state index contributed by atoms with van der Waals surface area (Å²) < 4.78 is 15.4. The number of hydrogen-bond donors (Lipinski definition) is 1. The minimum Gasteiger partial charge on any atom is -0.456 e. The number of benzene rings is 1. The number of fused-ring (bicyclic) bond motifs is 1. The lowest BCUT2D eigenvalue weighted by Crippen LogP contribution is -2.21. The van der Waals surface area contributed by atoms with Crippen molar-refractivity contribution < 1.29 is 23.8 Å². The number of anilines is 1. The molecule has 2 aromatic rings. The van der Waals surface area contributed by atoms with E-state index in [9.17, 15) is 9.59 Å². The third-order valence-corrected chi connectivity index (χ3v) is 4.11.